The molecule has 1 aliphatic rings. The third kappa shape index (κ3) is 7.05. The highest BCUT2D eigenvalue weighted by molar-refractivity contribution is 5.94. The fourth-order valence-electron chi connectivity index (χ4n) is 3.83. The second-order valence-electron chi connectivity index (χ2n) is 7.33. The molecule has 0 radical (unpaired) electrons. The summed E-state index contributed by atoms with van der Waals surface area (Å²) in [6.07, 6.45) is 15.1. The van der Waals surface area contributed by atoms with Crippen molar-refractivity contribution in [2.75, 3.05) is 0 Å². The van der Waals surface area contributed by atoms with E-state index in [4.69, 9.17) is 4.74 Å². The minimum atomic E-state index is -0.340. The lowest BCUT2D eigenvalue weighted by Gasteiger charge is -2.33. The van der Waals surface area contributed by atoms with Crippen LogP contribution in [0.15, 0.2) is 0 Å². The first-order valence-corrected chi connectivity index (χ1v) is 9.81. The summed E-state index contributed by atoms with van der Waals surface area (Å²) >= 11 is 0. The molecular weight excluding hydrogens is 288 g/mol. The molecule has 0 aliphatic carbocycles. The number of cyclic esters (lactones) is 2. The maximum Gasteiger partial charge on any atom is 0.317 e. The Hall–Kier alpha value is -0.860. The van der Waals surface area contributed by atoms with Crippen molar-refractivity contribution in [2.45, 2.75) is 104 Å². The number of esters is 2. The Morgan fingerprint density at radius 1 is 0.913 bits per heavy atom. The molecule has 0 aromatic carbocycles. The largest absolute Gasteiger partial charge is 0.393 e. The lowest BCUT2D eigenvalue weighted by atomic mass is 9.71. The van der Waals surface area contributed by atoms with Crippen molar-refractivity contribution in [2.24, 2.45) is 11.3 Å². The van der Waals surface area contributed by atoms with Crippen LogP contribution >= 0.6 is 0 Å². The minimum Gasteiger partial charge on any atom is -0.393 e. The molecule has 1 rings (SSSR count). The first-order valence-electron chi connectivity index (χ1n) is 9.81. The van der Waals surface area contributed by atoms with Gasteiger partial charge in [0.15, 0.2) is 0 Å². The minimum absolute atomic E-state index is 0.198. The molecular formula is C20H36O3. The van der Waals surface area contributed by atoms with Gasteiger partial charge in [-0.15, -0.1) is 0 Å². The molecule has 1 saturated heterocycles. The summed E-state index contributed by atoms with van der Waals surface area (Å²) in [6, 6.07) is 0. The van der Waals surface area contributed by atoms with Crippen LogP contribution in [0.2, 0.25) is 0 Å². The summed E-state index contributed by atoms with van der Waals surface area (Å²) < 4.78 is 4.72. The average Bonchev–Trinajstić information content (AvgIpc) is 2.86. The fourth-order valence-corrected chi connectivity index (χ4v) is 3.83. The van der Waals surface area contributed by atoms with Crippen molar-refractivity contribution in [3.8, 4) is 0 Å². The van der Waals surface area contributed by atoms with Gasteiger partial charge in [-0.05, 0) is 18.3 Å². The number of rotatable bonds is 13. The number of hydrogen-bond acceptors (Lipinski definition) is 3. The van der Waals surface area contributed by atoms with E-state index in [2.05, 4.69) is 20.8 Å². The van der Waals surface area contributed by atoms with Gasteiger partial charge in [-0.3, -0.25) is 9.59 Å². The van der Waals surface area contributed by atoms with Crippen LogP contribution in [0.4, 0.5) is 0 Å². The van der Waals surface area contributed by atoms with Gasteiger partial charge in [0.1, 0.15) is 0 Å². The molecule has 0 N–H and O–H groups in total. The summed E-state index contributed by atoms with van der Waals surface area (Å²) in [6.45, 7) is 6.69. The van der Waals surface area contributed by atoms with E-state index in [9.17, 15) is 9.59 Å². The molecule has 0 aromatic rings. The van der Waals surface area contributed by atoms with E-state index in [1.807, 2.05) is 0 Å². The predicted octanol–water partition coefficient (Wildman–Crippen LogP) is 5.80. The Labute approximate surface area is 142 Å². The molecule has 0 aromatic heterocycles. The molecule has 1 atom stereocenters. The van der Waals surface area contributed by atoms with Crippen LogP contribution in [-0.4, -0.2) is 11.9 Å². The van der Waals surface area contributed by atoms with Crippen molar-refractivity contribution in [3.05, 3.63) is 0 Å². The van der Waals surface area contributed by atoms with E-state index < -0.39 is 0 Å². The highest BCUT2D eigenvalue weighted by atomic mass is 16.6. The zero-order valence-electron chi connectivity index (χ0n) is 15.5. The fraction of sp³-hybridized carbons (Fsp3) is 0.900. The molecule has 1 fully saturated rings. The second kappa shape index (κ2) is 10.8. The van der Waals surface area contributed by atoms with Gasteiger partial charge in [0.25, 0.3) is 0 Å². The molecule has 1 aliphatic heterocycles. The topological polar surface area (TPSA) is 43.4 Å². The summed E-state index contributed by atoms with van der Waals surface area (Å²) in [4.78, 5) is 23.0. The zero-order chi connectivity index (χ0) is 17.1. The lowest BCUT2D eigenvalue weighted by Crippen LogP contribution is -2.25. The van der Waals surface area contributed by atoms with Gasteiger partial charge in [0.2, 0.25) is 0 Å². The molecule has 0 amide bonds. The van der Waals surface area contributed by atoms with Gasteiger partial charge >= 0.3 is 11.9 Å². The van der Waals surface area contributed by atoms with Gasteiger partial charge in [-0.1, -0.05) is 85.0 Å². The summed E-state index contributed by atoms with van der Waals surface area (Å²) in [5.74, 6) is -0.832. The number of carbonyl (C=O) groups excluding carboxylic acids is 2. The average molecular weight is 325 g/mol. The normalized spacial score (nSPS) is 18.5. The van der Waals surface area contributed by atoms with E-state index in [-0.39, 0.29) is 29.7 Å². The van der Waals surface area contributed by atoms with E-state index in [0.717, 1.165) is 19.3 Å². The van der Waals surface area contributed by atoms with Crippen LogP contribution in [0.1, 0.15) is 104 Å². The van der Waals surface area contributed by atoms with E-state index in [0.29, 0.717) is 0 Å². The third-order valence-electron chi connectivity index (χ3n) is 5.70. The van der Waals surface area contributed by atoms with Gasteiger partial charge in [-0.25, -0.2) is 0 Å². The van der Waals surface area contributed by atoms with Crippen LogP contribution < -0.4 is 0 Å². The van der Waals surface area contributed by atoms with Crippen molar-refractivity contribution in [1.82, 2.24) is 0 Å². The van der Waals surface area contributed by atoms with Crippen molar-refractivity contribution in [1.29, 1.82) is 0 Å². The Bertz CT molecular complexity index is 358. The SMILES string of the molecule is CCCCCCCCCCC(CC)(CC)CC1CC(=O)OC1=O. The lowest BCUT2D eigenvalue weighted by molar-refractivity contribution is -0.153. The molecule has 134 valence electrons. The quantitative estimate of drug-likeness (QED) is 0.244. The summed E-state index contributed by atoms with van der Waals surface area (Å²) in [5, 5.41) is 0. The number of unbranched alkanes of at least 4 members (excludes halogenated alkanes) is 7. The van der Waals surface area contributed by atoms with Crippen LogP contribution in [-0.2, 0) is 14.3 Å². The summed E-state index contributed by atoms with van der Waals surface area (Å²) in [7, 11) is 0. The second-order valence-corrected chi connectivity index (χ2v) is 7.33. The van der Waals surface area contributed by atoms with Crippen LogP contribution in [0.25, 0.3) is 0 Å². The maximum absolute atomic E-state index is 11.8. The van der Waals surface area contributed by atoms with Gasteiger partial charge in [0.05, 0.1) is 12.3 Å². The van der Waals surface area contributed by atoms with Crippen LogP contribution in [0, 0.1) is 11.3 Å². The van der Waals surface area contributed by atoms with Gasteiger partial charge in [-0.2, -0.15) is 0 Å². The monoisotopic (exact) mass is 324 g/mol. The predicted molar refractivity (Wildman–Crippen MR) is 94.1 cm³/mol. The molecule has 3 heteroatoms. The van der Waals surface area contributed by atoms with E-state index in [1.165, 1.54) is 57.8 Å². The molecule has 23 heavy (non-hydrogen) atoms. The van der Waals surface area contributed by atoms with Crippen LogP contribution in [0.5, 0.6) is 0 Å². The Morgan fingerprint density at radius 2 is 1.48 bits per heavy atom. The van der Waals surface area contributed by atoms with Gasteiger partial charge in [0, 0.05) is 0 Å². The number of carbonyl (C=O) groups is 2. The van der Waals surface area contributed by atoms with Crippen molar-refractivity contribution >= 4 is 11.9 Å². The molecule has 0 saturated carbocycles. The van der Waals surface area contributed by atoms with Crippen molar-refractivity contribution < 1.29 is 14.3 Å². The highest BCUT2D eigenvalue weighted by Gasteiger charge is 2.39. The molecule has 0 bridgehead atoms. The highest BCUT2D eigenvalue weighted by Crippen LogP contribution is 2.41. The molecule has 1 unspecified atom stereocenters. The molecule has 0 spiro atoms. The Morgan fingerprint density at radius 3 is 1.96 bits per heavy atom. The zero-order valence-corrected chi connectivity index (χ0v) is 15.5. The Kier molecular flexibility index (Phi) is 9.50. The summed E-state index contributed by atoms with van der Waals surface area (Å²) in [5.41, 5.74) is 0.205. The van der Waals surface area contributed by atoms with Crippen molar-refractivity contribution in [3.63, 3.8) is 0 Å². The third-order valence-corrected chi connectivity index (χ3v) is 5.70. The van der Waals surface area contributed by atoms with E-state index >= 15 is 0 Å². The van der Waals surface area contributed by atoms with Gasteiger partial charge < -0.3 is 4.74 Å². The smallest absolute Gasteiger partial charge is 0.317 e. The van der Waals surface area contributed by atoms with E-state index in [1.54, 1.807) is 0 Å². The first-order chi connectivity index (χ1) is 11.1. The number of ether oxygens (including phenoxy) is 1. The standard InChI is InChI=1S/C20H36O3/c1-4-7-8-9-10-11-12-13-14-20(5-2,6-3)16-17-15-18(21)23-19(17)22/h17H,4-16H2,1-3H3. The maximum atomic E-state index is 11.8. The molecule has 3 nitrogen and oxygen atoms in total. The van der Waals surface area contributed by atoms with Crippen LogP contribution in [0.3, 0.4) is 0 Å². The Balaban J connectivity index is 2.30. The molecule has 1 heterocycles. The first kappa shape index (κ1) is 20.2. The number of hydrogen-bond donors (Lipinski definition) is 0.